The van der Waals surface area contributed by atoms with E-state index in [1.54, 1.807) is 0 Å². The van der Waals surface area contributed by atoms with Crippen molar-refractivity contribution in [3.05, 3.63) is 0 Å². The topological polar surface area (TPSA) is 69.7 Å². The minimum Gasteiger partial charge on any atom is -0.465 e. The number of thioether (sulfide) groups is 1. The Morgan fingerprint density at radius 1 is 1.03 bits per heavy atom. The molecule has 34 heavy (non-hydrogen) atoms. The lowest BCUT2D eigenvalue weighted by Crippen LogP contribution is -2.59. The Hall–Kier alpha value is -1.04. The lowest BCUT2D eigenvalue weighted by molar-refractivity contribution is -0.190. The van der Waals surface area contributed by atoms with Gasteiger partial charge in [-0.1, -0.05) is 39.5 Å². The van der Waals surface area contributed by atoms with E-state index < -0.39 is 0 Å². The van der Waals surface area contributed by atoms with Crippen LogP contribution >= 0.6 is 11.8 Å². The summed E-state index contributed by atoms with van der Waals surface area (Å²) in [5, 5.41) is 0.304. The summed E-state index contributed by atoms with van der Waals surface area (Å²) in [5.74, 6) is 4.17. The molecule has 4 saturated carbocycles. The Bertz CT molecular complexity index is 757. The number of ether oxygens (including phenoxy) is 2. The van der Waals surface area contributed by atoms with Crippen molar-refractivity contribution in [1.82, 2.24) is 0 Å². The molecule has 0 spiro atoms. The Balaban J connectivity index is 1.54. The summed E-state index contributed by atoms with van der Waals surface area (Å²) >= 11 is 1.44. The summed E-state index contributed by atoms with van der Waals surface area (Å²) in [7, 11) is 0. The van der Waals surface area contributed by atoms with E-state index in [1.165, 1.54) is 37.4 Å². The average Bonchev–Trinajstić information content (AvgIpc) is 3.17. The van der Waals surface area contributed by atoms with E-state index in [0.717, 1.165) is 37.9 Å². The van der Waals surface area contributed by atoms with E-state index >= 15 is 0 Å². The van der Waals surface area contributed by atoms with Crippen molar-refractivity contribution in [2.75, 3.05) is 5.75 Å². The van der Waals surface area contributed by atoms with Crippen molar-refractivity contribution in [3.8, 4) is 0 Å². The van der Waals surface area contributed by atoms with Crippen molar-refractivity contribution in [2.24, 2.45) is 46.3 Å². The number of rotatable bonds is 9. The molecule has 4 aliphatic carbocycles. The van der Waals surface area contributed by atoms with Crippen LogP contribution in [0.1, 0.15) is 91.9 Å². The summed E-state index contributed by atoms with van der Waals surface area (Å²) in [4.78, 5) is 34.8. The van der Waals surface area contributed by atoms with Crippen LogP contribution in [-0.2, 0) is 23.9 Å². The fraction of sp³-hybridized carbons (Fsp3) is 0.893. The van der Waals surface area contributed by atoms with E-state index in [4.69, 9.17) is 9.47 Å². The van der Waals surface area contributed by atoms with Crippen LogP contribution in [0.4, 0.5) is 0 Å². The van der Waals surface area contributed by atoms with Crippen LogP contribution in [0.5, 0.6) is 0 Å². The van der Waals surface area contributed by atoms with Gasteiger partial charge in [-0.05, 0) is 104 Å². The average molecular weight is 493 g/mol. The van der Waals surface area contributed by atoms with Gasteiger partial charge in [0.2, 0.25) is 0 Å². The van der Waals surface area contributed by atoms with E-state index in [-0.39, 0.29) is 23.0 Å². The first-order valence-corrected chi connectivity index (χ1v) is 14.6. The fourth-order valence-electron chi connectivity index (χ4n) is 9.37. The molecular weight excluding hydrogens is 448 g/mol. The third-order valence-electron chi connectivity index (χ3n) is 11.0. The van der Waals surface area contributed by atoms with Gasteiger partial charge < -0.3 is 9.47 Å². The normalized spacial score (nSPS) is 44.2. The maximum absolute atomic E-state index is 12.2. The van der Waals surface area contributed by atoms with Gasteiger partial charge in [0.25, 0.3) is 12.9 Å². The molecule has 5 nitrogen and oxygen atoms in total. The molecule has 0 aromatic carbocycles. The van der Waals surface area contributed by atoms with Gasteiger partial charge in [-0.25, -0.2) is 0 Å². The second kappa shape index (κ2) is 10.5. The zero-order valence-corrected chi connectivity index (χ0v) is 22.3. The van der Waals surface area contributed by atoms with Gasteiger partial charge in [0.1, 0.15) is 12.2 Å². The highest BCUT2D eigenvalue weighted by atomic mass is 32.2. The van der Waals surface area contributed by atoms with Crippen molar-refractivity contribution in [3.63, 3.8) is 0 Å². The first kappa shape index (κ1) is 26.0. The van der Waals surface area contributed by atoms with Crippen LogP contribution < -0.4 is 0 Å². The molecule has 4 rings (SSSR count). The Morgan fingerprint density at radius 3 is 2.50 bits per heavy atom. The summed E-state index contributed by atoms with van der Waals surface area (Å²) in [5.41, 5.74) is 0.217. The predicted octanol–water partition coefficient (Wildman–Crippen LogP) is 6.03. The molecule has 0 unspecified atom stereocenters. The Kier molecular flexibility index (Phi) is 8.06. The first-order valence-electron chi connectivity index (χ1n) is 13.6. The van der Waals surface area contributed by atoms with E-state index in [9.17, 15) is 14.4 Å². The molecule has 10 atom stereocenters. The van der Waals surface area contributed by atoms with E-state index in [0.29, 0.717) is 60.0 Å². The van der Waals surface area contributed by atoms with Crippen molar-refractivity contribution in [1.29, 1.82) is 0 Å². The van der Waals surface area contributed by atoms with Gasteiger partial charge in [0.15, 0.2) is 5.12 Å². The summed E-state index contributed by atoms with van der Waals surface area (Å²) < 4.78 is 11.3. The monoisotopic (exact) mass is 492 g/mol. The minimum atomic E-state index is -0.0496. The standard InChI is InChI=1S/C28H44O5S/c1-5-34-26(31)11-6-18(2)22-9-10-23-21-8-7-19-14-20(32-16-29)12-13-27(19,3)24(21)15-25(33-17-30)28(22,23)4/h16-25H,5-15H2,1-4H3/t18-,19-,20-,21+,22-,23+,24+,25+,27+,28-/m1/s1. The number of fused-ring (bicyclic) bond motifs is 5. The molecular formula is C28H44O5S. The van der Waals surface area contributed by atoms with Gasteiger partial charge in [0, 0.05) is 11.8 Å². The molecule has 0 aliphatic heterocycles. The number of hydrogen-bond donors (Lipinski definition) is 0. The molecule has 4 fully saturated rings. The lowest BCUT2D eigenvalue weighted by atomic mass is 9.43. The van der Waals surface area contributed by atoms with E-state index in [1.807, 2.05) is 6.92 Å². The number of carbonyl (C=O) groups is 3. The zero-order valence-electron chi connectivity index (χ0n) is 21.5. The Labute approximate surface area is 209 Å². The molecule has 0 amide bonds. The van der Waals surface area contributed by atoms with Crippen LogP contribution in [0, 0.1) is 46.3 Å². The molecule has 0 aromatic rings. The van der Waals surface area contributed by atoms with Gasteiger partial charge in [-0.3, -0.25) is 14.4 Å². The molecule has 6 heteroatoms. The molecule has 0 saturated heterocycles. The largest absolute Gasteiger partial charge is 0.465 e. The molecule has 0 radical (unpaired) electrons. The maximum atomic E-state index is 12.2. The molecule has 4 aliphatic rings. The van der Waals surface area contributed by atoms with Gasteiger partial charge in [0.05, 0.1) is 0 Å². The first-order chi connectivity index (χ1) is 16.3. The van der Waals surface area contributed by atoms with Crippen molar-refractivity contribution < 1.29 is 23.9 Å². The van der Waals surface area contributed by atoms with Crippen LogP contribution in [0.25, 0.3) is 0 Å². The van der Waals surface area contributed by atoms with Gasteiger partial charge in [-0.2, -0.15) is 0 Å². The quantitative estimate of drug-likeness (QED) is 0.366. The predicted molar refractivity (Wildman–Crippen MR) is 134 cm³/mol. The van der Waals surface area contributed by atoms with E-state index in [2.05, 4.69) is 20.8 Å². The molecule has 192 valence electrons. The van der Waals surface area contributed by atoms with Crippen LogP contribution in [-0.4, -0.2) is 36.0 Å². The summed E-state index contributed by atoms with van der Waals surface area (Å²) in [6, 6.07) is 0. The Morgan fingerprint density at radius 2 is 1.79 bits per heavy atom. The highest BCUT2D eigenvalue weighted by molar-refractivity contribution is 8.13. The van der Waals surface area contributed by atoms with Crippen LogP contribution in [0.3, 0.4) is 0 Å². The second-order valence-corrected chi connectivity index (χ2v) is 13.4. The molecule has 0 heterocycles. The summed E-state index contributed by atoms with van der Waals surface area (Å²) in [6.07, 6.45) is 10.4. The van der Waals surface area contributed by atoms with Gasteiger partial charge >= 0.3 is 0 Å². The fourth-order valence-corrected chi connectivity index (χ4v) is 9.95. The molecule has 0 aromatic heterocycles. The second-order valence-electron chi connectivity index (χ2n) is 12.1. The van der Waals surface area contributed by atoms with Gasteiger partial charge in [-0.15, -0.1) is 0 Å². The zero-order chi connectivity index (χ0) is 24.5. The third kappa shape index (κ3) is 4.46. The van der Waals surface area contributed by atoms with Crippen LogP contribution in [0.2, 0.25) is 0 Å². The minimum absolute atomic E-state index is 0.0104. The highest BCUT2D eigenvalue weighted by Crippen LogP contribution is 2.69. The maximum Gasteiger partial charge on any atom is 0.293 e. The number of hydrogen-bond acceptors (Lipinski definition) is 6. The SMILES string of the molecule is CCSC(=O)CC[C@@H](C)[C@H]1CC[C@H]2[C@@H]3CC[C@@H]4C[C@H](OC=O)CC[C@]4(C)[C@H]3C[C@H](OC=O)[C@]12C. The molecule has 0 N–H and O–H groups in total. The van der Waals surface area contributed by atoms with Crippen LogP contribution in [0.15, 0.2) is 0 Å². The summed E-state index contributed by atoms with van der Waals surface area (Å²) in [6.45, 7) is 10.5. The number of carbonyl (C=O) groups excluding carboxylic acids is 3. The van der Waals surface area contributed by atoms with Crippen molar-refractivity contribution in [2.45, 2.75) is 104 Å². The third-order valence-corrected chi connectivity index (χ3v) is 11.8. The lowest BCUT2D eigenvalue weighted by Gasteiger charge is -2.62. The van der Waals surface area contributed by atoms with Crippen molar-refractivity contribution >= 4 is 29.8 Å². The smallest absolute Gasteiger partial charge is 0.293 e. The molecule has 0 bridgehead atoms. The highest BCUT2D eigenvalue weighted by Gasteiger charge is 2.64.